The van der Waals surface area contributed by atoms with Gasteiger partial charge in [0, 0.05) is 30.1 Å². The van der Waals surface area contributed by atoms with Crippen LogP contribution < -0.4 is 16.4 Å². The summed E-state index contributed by atoms with van der Waals surface area (Å²) in [5, 5.41) is 8.22. The molecule has 7 heteroatoms. The minimum Gasteiger partial charge on any atom is -0.352 e. The third-order valence-corrected chi connectivity index (χ3v) is 5.96. The molecule has 0 aromatic carbocycles. The van der Waals surface area contributed by atoms with E-state index in [2.05, 4.69) is 10.6 Å². The van der Waals surface area contributed by atoms with Gasteiger partial charge in [-0.25, -0.2) is 4.79 Å². The van der Waals surface area contributed by atoms with Crippen molar-refractivity contribution in [2.45, 2.75) is 56.3 Å². The van der Waals surface area contributed by atoms with Gasteiger partial charge in [-0.3, -0.25) is 4.79 Å². The molecule has 6 nitrogen and oxygen atoms in total. The summed E-state index contributed by atoms with van der Waals surface area (Å²) in [5.41, 5.74) is 5.26. The maximum atomic E-state index is 12.7. The number of carbonyl (C=O) groups excluding carboxylic acids is 2. The predicted molar refractivity (Wildman–Crippen MR) is 90.1 cm³/mol. The number of nitrogens with one attached hydrogen (secondary N) is 2. The molecular formula is C16H24N4O2S. The van der Waals surface area contributed by atoms with Gasteiger partial charge in [0.1, 0.15) is 0 Å². The van der Waals surface area contributed by atoms with Gasteiger partial charge in [0.05, 0.1) is 12.5 Å². The molecular weight excluding hydrogens is 312 g/mol. The second-order valence-electron chi connectivity index (χ2n) is 6.55. The average Bonchev–Trinajstić information content (AvgIpc) is 3.15. The molecule has 1 aromatic heterocycles. The fraction of sp³-hybridized carbons (Fsp3) is 0.625. The summed E-state index contributed by atoms with van der Waals surface area (Å²) in [5.74, 6) is 0.0588. The molecule has 2 saturated heterocycles. The van der Waals surface area contributed by atoms with Crippen molar-refractivity contribution in [3.8, 4) is 0 Å². The van der Waals surface area contributed by atoms with E-state index in [9.17, 15) is 9.59 Å². The summed E-state index contributed by atoms with van der Waals surface area (Å²) in [4.78, 5) is 26.7. The molecule has 2 bridgehead atoms. The fourth-order valence-electron chi connectivity index (χ4n) is 3.75. The lowest BCUT2D eigenvalue weighted by Gasteiger charge is -2.36. The van der Waals surface area contributed by atoms with Crippen molar-refractivity contribution < 1.29 is 9.59 Å². The van der Waals surface area contributed by atoms with Crippen LogP contribution in [0.1, 0.15) is 43.0 Å². The van der Waals surface area contributed by atoms with Crippen LogP contribution in [0.15, 0.2) is 17.5 Å². The predicted octanol–water partition coefficient (Wildman–Crippen LogP) is 1.59. The van der Waals surface area contributed by atoms with Gasteiger partial charge in [-0.1, -0.05) is 6.07 Å². The maximum absolute atomic E-state index is 12.7. The summed E-state index contributed by atoms with van der Waals surface area (Å²) in [6.07, 6.45) is 4.71. The Hall–Kier alpha value is -1.60. The Morgan fingerprint density at radius 3 is 2.70 bits per heavy atom. The van der Waals surface area contributed by atoms with Crippen molar-refractivity contribution in [3.05, 3.63) is 22.4 Å². The van der Waals surface area contributed by atoms with E-state index in [1.807, 2.05) is 29.5 Å². The van der Waals surface area contributed by atoms with E-state index >= 15 is 0 Å². The van der Waals surface area contributed by atoms with Crippen molar-refractivity contribution in [2.24, 2.45) is 5.73 Å². The molecule has 0 aliphatic carbocycles. The standard InChI is InChI=1S/C16H24N4O2S/c1-20(12-7-10-4-5-11(8-12)18-10)15(21)9-13(19-16(17)22)14-3-2-6-23-14/h2-3,6,10-13,18H,4-5,7-9H2,1H3,(H3,17,19,22). The van der Waals surface area contributed by atoms with E-state index in [4.69, 9.17) is 5.73 Å². The first-order valence-electron chi connectivity index (χ1n) is 8.14. The van der Waals surface area contributed by atoms with Gasteiger partial charge in [-0.15, -0.1) is 11.3 Å². The lowest BCUT2D eigenvalue weighted by Crippen LogP contribution is -2.49. The number of nitrogens with two attached hydrogens (primary N) is 1. The largest absolute Gasteiger partial charge is 0.352 e. The lowest BCUT2D eigenvalue weighted by atomic mass is 9.98. The molecule has 2 fully saturated rings. The second kappa shape index (κ2) is 6.88. The molecule has 0 spiro atoms. The van der Waals surface area contributed by atoms with Gasteiger partial charge in [-0.05, 0) is 37.1 Å². The van der Waals surface area contributed by atoms with Crippen molar-refractivity contribution in [1.82, 2.24) is 15.5 Å². The van der Waals surface area contributed by atoms with Crippen LogP contribution in [0.25, 0.3) is 0 Å². The Morgan fingerprint density at radius 2 is 2.13 bits per heavy atom. The van der Waals surface area contributed by atoms with Crippen LogP contribution in [-0.2, 0) is 4.79 Å². The van der Waals surface area contributed by atoms with Crippen molar-refractivity contribution in [2.75, 3.05) is 7.05 Å². The van der Waals surface area contributed by atoms with Gasteiger partial charge in [0.25, 0.3) is 0 Å². The molecule has 3 heterocycles. The van der Waals surface area contributed by atoms with Crippen LogP contribution in [0.3, 0.4) is 0 Å². The number of carbonyl (C=O) groups is 2. The smallest absolute Gasteiger partial charge is 0.312 e. The number of primary amides is 1. The SMILES string of the molecule is CN(C(=O)CC(NC(N)=O)c1cccs1)C1CC2CCC(C1)N2. The summed E-state index contributed by atoms with van der Waals surface area (Å²) < 4.78 is 0. The Bertz CT molecular complexity index is 550. The van der Waals surface area contributed by atoms with Crippen molar-refractivity contribution >= 4 is 23.3 Å². The van der Waals surface area contributed by atoms with E-state index < -0.39 is 6.03 Å². The first-order valence-corrected chi connectivity index (χ1v) is 9.02. The van der Waals surface area contributed by atoms with E-state index in [-0.39, 0.29) is 18.4 Å². The van der Waals surface area contributed by atoms with Crippen molar-refractivity contribution in [1.29, 1.82) is 0 Å². The van der Waals surface area contributed by atoms with Crippen LogP contribution in [0, 0.1) is 0 Å². The Balaban J connectivity index is 1.62. The Kier molecular flexibility index (Phi) is 4.87. The molecule has 3 amide bonds. The van der Waals surface area contributed by atoms with Crippen LogP contribution in [0.2, 0.25) is 0 Å². The zero-order valence-corrected chi connectivity index (χ0v) is 14.1. The molecule has 3 atom stereocenters. The number of urea groups is 1. The van der Waals surface area contributed by atoms with Crippen LogP contribution >= 0.6 is 11.3 Å². The topological polar surface area (TPSA) is 87.5 Å². The minimum atomic E-state index is -0.598. The highest BCUT2D eigenvalue weighted by Crippen LogP contribution is 2.30. The fourth-order valence-corrected chi connectivity index (χ4v) is 4.53. The molecule has 126 valence electrons. The third kappa shape index (κ3) is 3.84. The second-order valence-corrected chi connectivity index (χ2v) is 7.53. The summed E-state index contributed by atoms with van der Waals surface area (Å²) in [6.45, 7) is 0. The zero-order chi connectivity index (χ0) is 16.4. The van der Waals surface area contributed by atoms with E-state index in [0.29, 0.717) is 18.1 Å². The Labute approximate surface area is 140 Å². The quantitative estimate of drug-likeness (QED) is 0.763. The first-order chi connectivity index (χ1) is 11.0. The third-order valence-electron chi connectivity index (χ3n) is 4.97. The van der Waals surface area contributed by atoms with E-state index in [0.717, 1.165) is 17.7 Å². The molecule has 23 heavy (non-hydrogen) atoms. The van der Waals surface area contributed by atoms with Gasteiger partial charge >= 0.3 is 6.03 Å². The molecule has 1 aromatic rings. The molecule has 0 radical (unpaired) electrons. The number of hydrogen-bond donors (Lipinski definition) is 3. The van der Waals surface area contributed by atoms with Crippen LogP contribution in [0.5, 0.6) is 0 Å². The van der Waals surface area contributed by atoms with Gasteiger partial charge < -0.3 is 21.3 Å². The first kappa shape index (κ1) is 16.3. The number of rotatable bonds is 5. The van der Waals surface area contributed by atoms with E-state index in [1.54, 1.807) is 0 Å². The summed E-state index contributed by atoms with van der Waals surface area (Å²) >= 11 is 1.52. The summed E-state index contributed by atoms with van der Waals surface area (Å²) in [6, 6.07) is 4.27. The number of thiophene rings is 1. The van der Waals surface area contributed by atoms with Crippen LogP contribution in [0.4, 0.5) is 4.79 Å². The van der Waals surface area contributed by atoms with Gasteiger partial charge in [0.2, 0.25) is 5.91 Å². The Morgan fingerprint density at radius 1 is 1.43 bits per heavy atom. The number of hydrogen-bond acceptors (Lipinski definition) is 4. The molecule has 2 aliphatic rings. The molecule has 2 aliphatic heterocycles. The molecule has 3 rings (SSSR count). The number of piperidine rings is 1. The number of amides is 3. The normalized spacial score (nSPS) is 27.4. The van der Waals surface area contributed by atoms with Gasteiger partial charge in [0.15, 0.2) is 0 Å². The monoisotopic (exact) mass is 336 g/mol. The number of fused-ring (bicyclic) bond motifs is 2. The average molecular weight is 336 g/mol. The van der Waals surface area contributed by atoms with Gasteiger partial charge in [-0.2, -0.15) is 0 Å². The minimum absolute atomic E-state index is 0.0588. The lowest BCUT2D eigenvalue weighted by molar-refractivity contribution is -0.133. The molecule has 4 N–H and O–H groups in total. The number of nitrogens with zero attached hydrogens (tertiary/aromatic N) is 1. The molecule has 3 unspecified atom stereocenters. The zero-order valence-electron chi connectivity index (χ0n) is 13.3. The molecule has 0 saturated carbocycles. The highest BCUT2D eigenvalue weighted by Gasteiger charge is 2.36. The maximum Gasteiger partial charge on any atom is 0.312 e. The van der Waals surface area contributed by atoms with Crippen LogP contribution in [-0.4, -0.2) is 42.0 Å². The highest BCUT2D eigenvalue weighted by molar-refractivity contribution is 7.10. The summed E-state index contributed by atoms with van der Waals surface area (Å²) in [7, 11) is 1.88. The van der Waals surface area contributed by atoms with Crippen molar-refractivity contribution in [3.63, 3.8) is 0 Å². The van der Waals surface area contributed by atoms with E-state index in [1.165, 1.54) is 24.2 Å². The highest BCUT2D eigenvalue weighted by atomic mass is 32.1.